The lowest BCUT2D eigenvalue weighted by Crippen LogP contribution is -2.45. The zero-order chi connectivity index (χ0) is 14.0. The second kappa shape index (κ2) is 5.66. The second-order valence-corrected chi connectivity index (χ2v) is 7.30. The van der Waals surface area contributed by atoms with Crippen molar-refractivity contribution >= 4 is 0 Å². The Labute approximate surface area is 118 Å². The van der Waals surface area contributed by atoms with E-state index < -0.39 is 0 Å². The molecule has 0 aromatic heterocycles. The Hall–Kier alpha value is -0.820. The van der Waals surface area contributed by atoms with Crippen molar-refractivity contribution in [1.29, 1.82) is 0 Å². The molecule has 1 N–H and O–H groups in total. The minimum atomic E-state index is 0.398. The normalized spacial score (nSPS) is 23.5. The Bertz CT molecular complexity index is 396. The van der Waals surface area contributed by atoms with Gasteiger partial charge in [-0.25, -0.2) is 0 Å². The van der Waals surface area contributed by atoms with Gasteiger partial charge in [0.25, 0.3) is 0 Å². The SMILES string of the molecule is Cc1ccc(C2CC(NCC(C)(C)C(C)C)C2)cc1. The molecule has 1 heteroatoms. The minimum Gasteiger partial charge on any atom is -0.313 e. The molecule has 0 unspecified atom stereocenters. The predicted molar refractivity (Wildman–Crippen MR) is 83.6 cm³/mol. The summed E-state index contributed by atoms with van der Waals surface area (Å²) < 4.78 is 0. The molecule has 106 valence electrons. The monoisotopic (exact) mass is 259 g/mol. The van der Waals surface area contributed by atoms with E-state index in [1.807, 2.05) is 0 Å². The van der Waals surface area contributed by atoms with Crippen LogP contribution < -0.4 is 5.32 Å². The van der Waals surface area contributed by atoms with Crippen LogP contribution in [0.1, 0.15) is 57.6 Å². The Kier molecular flexibility index (Phi) is 4.35. The summed E-state index contributed by atoms with van der Waals surface area (Å²) in [4.78, 5) is 0. The average Bonchev–Trinajstić information content (AvgIpc) is 2.29. The topological polar surface area (TPSA) is 12.0 Å². The lowest BCUT2D eigenvalue weighted by atomic mass is 9.74. The fourth-order valence-electron chi connectivity index (χ4n) is 2.51. The Morgan fingerprint density at radius 1 is 1.16 bits per heavy atom. The first kappa shape index (κ1) is 14.6. The van der Waals surface area contributed by atoms with E-state index in [1.165, 1.54) is 24.0 Å². The van der Waals surface area contributed by atoms with Crippen LogP contribution in [0.5, 0.6) is 0 Å². The van der Waals surface area contributed by atoms with Crippen molar-refractivity contribution in [3.63, 3.8) is 0 Å². The highest BCUT2D eigenvalue weighted by molar-refractivity contribution is 5.26. The van der Waals surface area contributed by atoms with E-state index in [-0.39, 0.29) is 0 Å². The van der Waals surface area contributed by atoms with Crippen molar-refractivity contribution < 1.29 is 0 Å². The molecule has 1 saturated carbocycles. The maximum atomic E-state index is 3.75. The molecule has 1 aromatic carbocycles. The van der Waals surface area contributed by atoms with Crippen LogP contribution >= 0.6 is 0 Å². The zero-order valence-electron chi connectivity index (χ0n) is 13.2. The quantitative estimate of drug-likeness (QED) is 0.820. The number of benzene rings is 1. The van der Waals surface area contributed by atoms with Gasteiger partial charge in [0, 0.05) is 12.6 Å². The summed E-state index contributed by atoms with van der Waals surface area (Å²) in [6, 6.07) is 9.79. The maximum absolute atomic E-state index is 3.75. The third kappa shape index (κ3) is 3.60. The van der Waals surface area contributed by atoms with E-state index in [4.69, 9.17) is 0 Å². The Morgan fingerprint density at radius 3 is 2.26 bits per heavy atom. The molecule has 19 heavy (non-hydrogen) atoms. The van der Waals surface area contributed by atoms with Gasteiger partial charge in [-0.3, -0.25) is 0 Å². The van der Waals surface area contributed by atoms with Crippen LogP contribution in [0.3, 0.4) is 0 Å². The summed E-state index contributed by atoms with van der Waals surface area (Å²) >= 11 is 0. The van der Waals surface area contributed by atoms with Crippen molar-refractivity contribution in [1.82, 2.24) is 5.32 Å². The van der Waals surface area contributed by atoms with Crippen LogP contribution in [0.25, 0.3) is 0 Å². The molecule has 0 amide bonds. The van der Waals surface area contributed by atoms with Crippen molar-refractivity contribution in [2.75, 3.05) is 6.54 Å². The third-order valence-electron chi connectivity index (χ3n) is 5.10. The number of rotatable bonds is 5. The lowest BCUT2D eigenvalue weighted by Gasteiger charge is -2.39. The number of aryl methyl sites for hydroxylation is 1. The van der Waals surface area contributed by atoms with Gasteiger partial charge < -0.3 is 5.32 Å². The van der Waals surface area contributed by atoms with Crippen molar-refractivity contribution in [2.24, 2.45) is 11.3 Å². The number of hydrogen-bond acceptors (Lipinski definition) is 1. The molecule has 1 aliphatic rings. The third-order valence-corrected chi connectivity index (χ3v) is 5.10. The Morgan fingerprint density at radius 2 is 1.74 bits per heavy atom. The van der Waals surface area contributed by atoms with Gasteiger partial charge in [-0.05, 0) is 42.6 Å². The highest BCUT2D eigenvalue weighted by Gasteiger charge is 2.31. The van der Waals surface area contributed by atoms with Gasteiger partial charge in [-0.1, -0.05) is 57.5 Å². The first-order chi connectivity index (χ1) is 8.88. The van der Waals surface area contributed by atoms with Crippen LogP contribution in [0.15, 0.2) is 24.3 Å². The van der Waals surface area contributed by atoms with Crippen molar-refractivity contribution in [3.8, 4) is 0 Å². The highest BCUT2D eigenvalue weighted by Crippen LogP contribution is 2.37. The standard InChI is InChI=1S/C18H29N/c1-13(2)18(4,5)12-19-17-10-16(11-17)15-8-6-14(3)7-9-15/h6-9,13,16-17,19H,10-12H2,1-5H3. The molecule has 2 rings (SSSR count). The van der Waals surface area contributed by atoms with E-state index in [1.54, 1.807) is 0 Å². The van der Waals surface area contributed by atoms with Gasteiger partial charge in [-0.15, -0.1) is 0 Å². The van der Waals surface area contributed by atoms with Gasteiger partial charge >= 0.3 is 0 Å². The smallest absolute Gasteiger partial charge is 0.00789 e. The average molecular weight is 259 g/mol. The first-order valence-corrected chi connectivity index (χ1v) is 7.68. The molecule has 0 heterocycles. The van der Waals surface area contributed by atoms with Gasteiger partial charge in [0.05, 0.1) is 0 Å². The second-order valence-electron chi connectivity index (χ2n) is 7.30. The summed E-state index contributed by atoms with van der Waals surface area (Å²) in [5.74, 6) is 1.51. The maximum Gasteiger partial charge on any atom is 0.00789 e. The fourth-order valence-corrected chi connectivity index (χ4v) is 2.51. The molecule has 0 atom stereocenters. The predicted octanol–water partition coefficient (Wildman–Crippen LogP) is 4.51. The van der Waals surface area contributed by atoms with E-state index >= 15 is 0 Å². The van der Waals surface area contributed by atoms with Crippen LogP contribution in [-0.2, 0) is 0 Å². The van der Waals surface area contributed by atoms with Crippen LogP contribution in [0, 0.1) is 18.3 Å². The minimum absolute atomic E-state index is 0.398. The van der Waals surface area contributed by atoms with Crippen LogP contribution in [-0.4, -0.2) is 12.6 Å². The van der Waals surface area contributed by atoms with E-state index in [0.29, 0.717) is 5.41 Å². The fraction of sp³-hybridized carbons (Fsp3) is 0.667. The largest absolute Gasteiger partial charge is 0.313 e. The first-order valence-electron chi connectivity index (χ1n) is 7.68. The highest BCUT2D eigenvalue weighted by atomic mass is 14.9. The molecule has 0 radical (unpaired) electrons. The molecule has 0 saturated heterocycles. The Balaban J connectivity index is 1.76. The van der Waals surface area contributed by atoms with Crippen molar-refractivity contribution in [2.45, 2.75) is 59.4 Å². The van der Waals surface area contributed by atoms with Gasteiger partial charge in [-0.2, -0.15) is 0 Å². The van der Waals surface area contributed by atoms with E-state index in [2.05, 4.69) is 64.2 Å². The summed E-state index contributed by atoms with van der Waals surface area (Å²) in [6.45, 7) is 12.6. The summed E-state index contributed by atoms with van der Waals surface area (Å²) in [6.07, 6.45) is 2.61. The molecule has 1 aliphatic carbocycles. The summed E-state index contributed by atoms with van der Waals surface area (Å²) in [7, 11) is 0. The summed E-state index contributed by atoms with van der Waals surface area (Å²) in [5.41, 5.74) is 3.28. The van der Waals surface area contributed by atoms with Gasteiger partial charge in [0.1, 0.15) is 0 Å². The van der Waals surface area contributed by atoms with E-state index in [0.717, 1.165) is 24.4 Å². The van der Waals surface area contributed by atoms with Crippen molar-refractivity contribution in [3.05, 3.63) is 35.4 Å². The molecular weight excluding hydrogens is 230 g/mol. The molecule has 1 nitrogen and oxygen atoms in total. The zero-order valence-corrected chi connectivity index (χ0v) is 13.2. The molecule has 0 spiro atoms. The molecule has 0 bridgehead atoms. The number of nitrogens with one attached hydrogen (secondary N) is 1. The molecule has 1 aromatic rings. The molecular formula is C18H29N. The lowest BCUT2D eigenvalue weighted by molar-refractivity contribution is 0.197. The molecule has 1 fully saturated rings. The van der Waals surface area contributed by atoms with Gasteiger partial charge in [0.2, 0.25) is 0 Å². The van der Waals surface area contributed by atoms with Crippen LogP contribution in [0.2, 0.25) is 0 Å². The van der Waals surface area contributed by atoms with E-state index in [9.17, 15) is 0 Å². The summed E-state index contributed by atoms with van der Waals surface area (Å²) in [5, 5.41) is 3.75. The molecule has 0 aliphatic heterocycles. The van der Waals surface area contributed by atoms with Crippen LogP contribution in [0.4, 0.5) is 0 Å². The van der Waals surface area contributed by atoms with Gasteiger partial charge in [0.15, 0.2) is 0 Å². The number of hydrogen-bond donors (Lipinski definition) is 1.